The van der Waals surface area contributed by atoms with Crippen molar-refractivity contribution in [2.45, 2.75) is 18.5 Å². The van der Waals surface area contributed by atoms with Crippen molar-refractivity contribution in [2.24, 2.45) is 0 Å². The van der Waals surface area contributed by atoms with Crippen LogP contribution in [0.2, 0.25) is 0 Å². The molecule has 0 bridgehead atoms. The molecule has 2 unspecified atom stereocenters. The van der Waals surface area contributed by atoms with E-state index in [9.17, 15) is 4.79 Å². The minimum absolute atomic E-state index is 0.0363. The first kappa shape index (κ1) is 9.89. The molecule has 0 aromatic rings. The van der Waals surface area contributed by atoms with Gasteiger partial charge in [-0.25, -0.2) is 0 Å². The maximum atomic E-state index is 11.6. The third-order valence-electron chi connectivity index (χ3n) is 2.73. The van der Waals surface area contributed by atoms with E-state index in [0.717, 1.165) is 6.42 Å². The predicted molar refractivity (Wildman–Crippen MR) is 47.8 cm³/mol. The van der Waals surface area contributed by atoms with Gasteiger partial charge in [-0.1, -0.05) is 0 Å². The maximum absolute atomic E-state index is 11.6. The Morgan fingerprint density at radius 2 is 2.29 bits per heavy atom. The fraction of sp³-hybridized carbons (Fsp3) is 0.889. The van der Waals surface area contributed by atoms with E-state index >= 15 is 0 Å². The van der Waals surface area contributed by atoms with Crippen molar-refractivity contribution < 1.29 is 19.4 Å². The lowest BCUT2D eigenvalue weighted by Gasteiger charge is -2.38. The summed E-state index contributed by atoms with van der Waals surface area (Å²) in [5.41, 5.74) is 0. The van der Waals surface area contributed by atoms with E-state index < -0.39 is 0 Å². The van der Waals surface area contributed by atoms with Crippen LogP contribution >= 0.6 is 0 Å². The molecular formula is C9H15NO4. The molecule has 14 heavy (non-hydrogen) atoms. The van der Waals surface area contributed by atoms with Crippen LogP contribution in [0, 0.1) is 0 Å². The number of carbonyl (C=O) groups excluding carboxylic acids is 1. The van der Waals surface area contributed by atoms with Crippen LogP contribution in [0.1, 0.15) is 6.42 Å². The smallest absolute Gasteiger partial charge is 0.249 e. The SMILES string of the molecule is O=C1COCC(CO)N1C1CCOC1. The molecule has 5 nitrogen and oxygen atoms in total. The number of aliphatic hydroxyl groups excluding tert-OH is 1. The molecule has 2 aliphatic rings. The number of amides is 1. The summed E-state index contributed by atoms with van der Waals surface area (Å²) in [4.78, 5) is 13.3. The Bertz CT molecular complexity index is 213. The molecule has 0 radical (unpaired) electrons. The molecule has 2 saturated heterocycles. The van der Waals surface area contributed by atoms with Crippen LogP contribution in [0.4, 0.5) is 0 Å². The minimum Gasteiger partial charge on any atom is -0.394 e. The van der Waals surface area contributed by atoms with Gasteiger partial charge in [0.2, 0.25) is 5.91 Å². The highest BCUT2D eigenvalue weighted by molar-refractivity contribution is 5.78. The number of ether oxygens (including phenoxy) is 2. The Kier molecular flexibility index (Phi) is 3.00. The summed E-state index contributed by atoms with van der Waals surface area (Å²) >= 11 is 0. The fourth-order valence-electron chi connectivity index (χ4n) is 2.02. The zero-order chi connectivity index (χ0) is 9.97. The van der Waals surface area contributed by atoms with Gasteiger partial charge in [-0.3, -0.25) is 4.79 Å². The van der Waals surface area contributed by atoms with Crippen molar-refractivity contribution in [2.75, 3.05) is 33.0 Å². The van der Waals surface area contributed by atoms with E-state index in [1.54, 1.807) is 4.90 Å². The first-order valence-corrected chi connectivity index (χ1v) is 4.90. The number of hydrogen-bond donors (Lipinski definition) is 1. The molecule has 1 amide bonds. The van der Waals surface area contributed by atoms with Crippen molar-refractivity contribution in [1.29, 1.82) is 0 Å². The summed E-state index contributed by atoms with van der Waals surface area (Å²) in [6.07, 6.45) is 0.863. The van der Waals surface area contributed by atoms with Crippen LogP contribution < -0.4 is 0 Å². The quantitative estimate of drug-likeness (QED) is 0.622. The summed E-state index contributed by atoms with van der Waals surface area (Å²) in [6, 6.07) is -0.0634. The van der Waals surface area contributed by atoms with Gasteiger partial charge >= 0.3 is 0 Å². The number of aliphatic hydroxyl groups is 1. The van der Waals surface area contributed by atoms with Crippen molar-refractivity contribution in [3.05, 3.63) is 0 Å². The standard InChI is InChI=1S/C9H15NO4/c11-3-8-5-14-6-9(12)10(8)7-1-2-13-4-7/h7-8,11H,1-6H2. The first-order chi connectivity index (χ1) is 6.83. The fourth-order valence-corrected chi connectivity index (χ4v) is 2.02. The van der Waals surface area contributed by atoms with E-state index in [1.165, 1.54) is 0 Å². The number of nitrogens with zero attached hydrogens (tertiary/aromatic N) is 1. The highest BCUT2D eigenvalue weighted by atomic mass is 16.5. The summed E-state index contributed by atoms with van der Waals surface area (Å²) in [6.45, 7) is 1.81. The molecule has 0 saturated carbocycles. The van der Waals surface area contributed by atoms with Gasteiger partial charge < -0.3 is 19.5 Å². The van der Waals surface area contributed by atoms with Crippen LogP contribution in [0.5, 0.6) is 0 Å². The lowest BCUT2D eigenvalue weighted by Crippen LogP contribution is -2.55. The van der Waals surface area contributed by atoms with Crippen molar-refractivity contribution >= 4 is 5.91 Å². The van der Waals surface area contributed by atoms with Gasteiger partial charge in [0.1, 0.15) is 6.61 Å². The van der Waals surface area contributed by atoms with Gasteiger partial charge in [-0.05, 0) is 6.42 Å². The Labute approximate surface area is 82.6 Å². The molecule has 80 valence electrons. The molecule has 2 fully saturated rings. The highest BCUT2D eigenvalue weighted by Gasteiger charge is 2.35. The monoisotopic (exact) mass is 201 g/mol. The number of morpholine rings is 1. The summed E-state index contributed by atoms with van der Waals surface area (Å²) < 4.78 is 10.3. The van der Waals surface area contributed by atoms with Gasteiger partial charge in [-0.15, -0.1) is 0 Å². The number of hydrogen-bond acceptors (Lipinski definition) is 4. The summed E-state index contributed by atoms with van der Waals surface area (Å²) in [5, 5.41) is 9.12. The van der Waals surface area contributed by atoms with E-state index in [2.05, 4.69) is 0 Å². The molecule has 2 atom stereocenters. The average molecular weight is 201 g/mol. The Hall–Kier alpha value is -0.650. The molecule has 2 aliphatic heterocycles. The van der Waals surface area contributed by atoms with Crippen molar-refractivity contribution in [1.82, 2.24) is 4.90 Å². The van der Waals surface area contributed by atoms with Crippen molar-refractivity contribution in [3.8, 4) is 0 Å². The van der Waals surface area contributed by atoms with Gasteiger partial charge in [0.05, 0.1) is 31.9 Å². The van der Waals surface area contributed by atoms with Crippen LogP contribution in [-0.4, -0.2) is 61.0 Å². The molecule has 1 N–H and O–H groups in total. The summed E-state index contributed by atoms with van der Waals surface area (Å²) in [7, 11) is 0. The summed E-state index contributed by atoms with van der Waals surface area (Å²) in [5.74, 6) is -0.0363. The molecule has 0 aliphatic carbocycles. The topological polar surface area (TPSA) is 59.0 Å². The molecule has 0 spiro atoms. The lowest BCUT2D eigenvalue weighted by atomic mass is 10.1. The van der Waals surface area contributed by atoms with E-state index in [0.29, 0.717) is 19.8 Å². The van der Waals surface area contributed by atoms with Gasteiger partial charge in [0, 0.05) is 6.61 Å². The number of rotatable bonds is 2. The predicted octanol–water partition coefficient (Wildman–Crippen LogP) is -1.01. The van der Waals surface area contributed by atoms with Gasteiger partial charge in [-0.2, -0.15) is 0 Å². The van der Waals surface area contributed by atoms with Crippen molar-refractivity contribution in [3.63, 3.8) is 0 Å². The molecule has 0 aromatic carbocycles. The average Bonchev–Trinajstić information content (AvgIpc) is 2.70. The van der Waals surface area contributed by atoms with E-state index in [1.807, 2.05) is 0 Å². The minimum atomic E-state index is -0.192. The second kappa shape index (κ2) is 4.25. The van der Waals surface area contributed by atoms with Crippen LogP contribution in [0.3, 0.4) is 0 Å². The Balaban J connectivity index is 2.06. The van der Waals surface area contributed by atoms with E-state index in [4.69, 9.17) is 14.6 Å². The molecule has 0 aromatic heterocycles. The normalized spacial score (nSPS) is 33.8. The first-order valence-electron chi connectivity index (χ1n) is 4.90. The molecule has 2 rings (SSSR count). The zero-order valence-corrected chi connectivity index (χ0v) is 8.02. The van der Waals surface area contributed by atoms with Crippen LogP contribution in [-0.2, 0) is 14.3 Å². The lowest BCUT2D eigenvalue weighted by molar-refractivity contribution is -0.154. The van der Waals surface area contributed by atoms with Crippen LogP contribution in [0.25, 0.3) is 0 Å². The molecule has 5 heteroatoms. The molecular weight excluding hydrogens is 186 g/mol. The number of carbonyl (C=O) groups is 1. The van der Waals surface area contributed by atoms with Crippen LogP contribution in [0.15, 0.2) is 0 Å². The zero-order valence-electron chi connectivity index (χ0n) is 8.02. The van der Waals surface area contributed by atoms with E-state index in [-0.39, 0.29) is 31.2 Å². The maximum Gasteiger partial charge on any atom is 0.249 e. The Morgan fingerprint density at radius 3 is 2.93 bits per heavy atom. The third kappa shape index (κ3) is 1.75. The largest absolute Gasteiger partial charge is 0.394 e. The Morgan fingerprint density at radius 1 is 1.43 bits per heavy atom. The molecule has 2 heterocycles. The van der Waals surface area contributed by atoms with Gasteiger partial charge in [0.25, 0.3) is 0 Å². The highest BCUT2D eigenvalue weighted by Crippen LogP contribution is 2.18. The van der Waals surface area contributed by atoms with Gasteiger partial charge in [0.15, 0.2) is 0 Å². The second-order valence-electron chi connectivity index (χ2n) is 3.67. The second-order valence-corrected chi connectivity index (χ2v) is 3.67. The third-order valence-corrected chi connectivity index (χ3v) is 2.73.